The summed E-state index contributed by atoms with van der Waals surface area (Å²) in [6.07, 6.45) is 5.22. The van der Waals surface area contributed by atoms with Crippen LogP contribution in [0.15, 0.2) is 48.9 Å². The standard InChI is InChI=1S/C14H17N3/c1-11(13-6-4-3-5-7-13)17-12(2)14-10-15-8-9-16-14/h3-12,17H,1-2H3/t11-,12?/m0/s1. The molecule has 3 nitrogen and oxygen atoms in total. The minimum Gasteiger partial charge on any atom is -0.302 e. The van der Waals surface area contributed by atoms with Crippen molar-refractivity contribution in [3.63, 3.8) is 0 Å². The minimum absolute atomic E-state index is 0.193. The van der Waals surface area contributed by atoms with Crippen molar-refractivity contribution >= 4 is 0 Å². The molecule has 0 bridgehead atoms. The van der Waals surface area contributed by atoms with Crippen LogP contribution in [0.3, 0.4) is 0 Å². The van der Waals surface area contributed by atoms with Gasteiger partial charge in [-0.15, -0.1) is 0 Å². The Kier molecular flexibility index (Phi) is 3.83. The lowest BCUT2D eigenvalue weighted by atomic mass is 10.1. The Morgan fingerprint density at radius 2 is 1.76 bits per heavy atom. The fraction of sp³-hybridized carbons (Fsp3) is 0.286. The van der Waals surface area contributed by atoms with Crippen molar-refractivity contribution in [1.29, 1.82) is 0 Å². The highest BCUT2D eigenvalue weighted by molar-refractivity contribution is 5.18. The highest BCUT2D eigenvalue weighted by Gasteiger charge is 2.11. The van der Waals surface area contributed by atoms with Gasteiger partial charge in [0.05, 0.1) is 5.69 Å². The Labute approximate surface area is 102 Å². The van der Waals surface area contributed by atoms with Crippen molar-refractivity contribution in [2.45, 2.75) is 25.9 Å². The van der Waals surface area contributed by atoms with Gasteiger partial charge < -0.3 is 5.32 Å². The Morgan fingerprint density at radius 1 is 1.00 bits per heavy atom. The molecule has 0 radical (unpaired) electrons. The molecule has 0 fully saturated rings. The van der Waals surface area contributed by atoms with Crippen LogP contribution in [0, 0.1) is 0 Å². The van der Waals surface area contributed by atoms with Crippen LogP contribution in [-0.4, -0.2) is 9.97 Å². The molecule has 2 atom stereocenters. The highest BCUT2D eigenvalue weighted by atomic mass is 15.0. The summed E-state index contributed by atoms with van der Waals surface area (Å²) in [4.78, 5) is 8.38. The Hall–Kier alpha value is -1.74. The molecule has 2 aromatic rings. The second-order valence-corrected chi connectivity index (χ2v) is 4.15. The molecule has 1 aromatic carbocycles. The molecule has 0 spiro atoms. The van der Waals surface area contributed by atoms with Crippen molar-refractivity contribution in [3.8, 4) is 0 Å². The largest absolute Gasteiger partial charge is 0.302 e. The minimum atomic E-state index is 0.193. The van der Waals surface area contributed by atoms with Gasteiger partial charge in [0.15, 0.2) is 0 Å². The third-order valence-corrected chi connectivity index (χ3v) is 2.83. The Bertz CT molecular complexity index is 398. The lowest BCUT2D eigenvalue weighted by molar-refractivity contribution is 0.485. The van der Waals surface area contributed by atoms with E-state index in [1.54, 1.807) is 18.6 Å². The number of aromatic nitrogens is 2. The first-order chi connectivity index (χ1) is 8.27. The van der Waals surface area contributed by atoms with Crippen LogP contribution >= 0.6 is 0 Å². The topological polar surface area (TPSA) is 37.8 Å². The third kappa shape index (κ3) is 3.11. The quantitative estimate of drug-likeness (QED) is 0.872. The van der Waals surface area contributed by atoms with Gasteiger partial charge in [0, 0.05) is 30.7 Å². The van der Waals surface area contributed by atoms with Gasteiger partial charge in [0.1, 0.15) is 0 Å². The smallest absolute Gasteiger partial charge is 0.0753 e. The Morgan fingerprint density at radius 3 is 2.41 bits per heavy atom. The third-order valence-electron chi connectivity index (χ3n) is 2.83. The van der Waals surface area contributed by atoms with E-state index in [1.165, 1.54) is 5.56 Å². The number of nitrogens with one attached hydrogen (secondary N) is 1. The van der Waals surface area contributed by atoms with E-state index in [1.807, 2.05) is 6.07 Å². The molecule has 17 heavy (non-hydrogen) atoms. The van der Waals surface area contributed by atoms with Crippen molar-refractivity contribution in [3.05, 3.63) is 60.2 Å². The van der Waals surface area contributed by atoms with Gasteiger partial charge >= 0.3 is 0 Å². The summed E-state index contributed by atoms with van der Waals surface area (Å²) in [5.74, 6) is 0. The average Bonchev–Trinajstić information content (AvgIpc) is 2.40. The molecule has 88 valence electrons. The van der Waals surface area contributed by atoms with E-state index in [2.05, 4.69) is 53.4 Å². The van der Waals surface area contributed by atoms with Gasteiger partial charge in [-0.25, -0.2) is 0 Å². The van der Waals surface area contributed by atoms with Crippen LogP contribution in [0.5, 0.6) is 0 Å². The maximum absolute atomic E-state index is 4.30. The van der Waals surface area contributed by atoms with Gasteiger partial charge in [0.25, 0.3) is 0 Å². The molecule has 1 heterocycles. The molecule has 0 amide bonds. The number of benzene rings is 1. The molecule has 0 aliphatic carbocycles. The van der Waals surface area contributed by atoms with Crippen LogP contribution in [0.2, 0.25) is 0 Å². The van der Waals surface area contributed by atoms with Crippen molar-refractivity contribution < 1.29 is 0 Å². The monoisotopic (exact) mass is 227 g/mol. The fourth-order valence-corrected chi connectivity index (χ4v) is 1.83. The van der Waals surface area contributed by atoms with E-state index in [4.69, 9.17) is 0 Å². The normalized spacial score (nSPS) is 14.2. The van der Waals surface area contributed by atoms with Gasteiger partial charge in [0.2, 0.25) is 0 Å². The second-order valence-electron chi connectivity index (χ2n) is 4.15. The molecule has 1 unspecified atom stereocenters. The summed E-state index contributed by atoms with van der Waals surface area (Å²) < 4.78 is 0. The average molecular weight is 227 g/mol. The maximum Gasteiger partial charge on any atom is 0.0753 e. The molecular weight excluding hydrogens is 210 g/mol. The van der Waals surface area contributed by atoms with Crippen molar-refractivity contribution in [2.75, 3.05) is 0 Å². The van der Waals surface area contributed by atoms with Gasteiger partial charge in [-0.3, -0.25) is 9.97 Å². The van der Waals surface area contributed by atoms with Crippen LogP contribution in [0.1, 0.15) is 37.2 Å². The van der Waals surface area contributed by atoms with Gasteiger partial charge in [-0.2, -0.15) is 0 Å². The molecule has 3 heteroatoms. The predicted octanol–water partition coefficient (Wildman–Crippen LogP) is 2.89. The van der Waals surface area contributed by atoms with Crippen LogP contribution in [-0.2, 0) is 0 Å². The lowest BCUT2D eigenvalue weighted by Gasteiger charge is -2.19. The summed E-state index contributed by atoms with van der Waals surface area (Å²) >= 11 is 0. The van der Waals surface area contributed by atoms with E-state index in [-0.39, 0.29) is 6.04 Å². The van der Waals surface area contributed by atoms with Crippen LogP contribution in [0.4, 0.5) is 0 Å². The van der Waals surface area contributed by atoms with E-state index in [9.17, 15) is 0 Å². The van der Waals surface area contributed by atoms with E-state index < -0.39 is 0 Å². The summed E-state index contributed by atoms with van der Waals surface area (Å²) in [6, 6.07) is 10.9. The maximum atomic E-state index is 4.30. The van der Waals surface area contributed by atoms with Crippen LogP contribution < -0.4 is 5.32 Å². The molecule has 1 aromatic heterocycles. The molecule has 0 saturated carbocycles. The van der Waals surface area contributed by atoms with Crippen molar-refractivity contribution in [1.82, 2.24) is 15.3 Å². The molecular formula is C14H17N3. The molecule has 0 aliphatic rings. The SMILES string of the molecule is CC(N[C@@H](C)c1ccccc1)c1cnccn1. The second kappa shape index (κ2) is 5.55. The first-order valence-corrected chi connectivity index (χ1v) is 5.84. The fourth-order valence-electron chi connectivity index (χ4n) is 1.83. The van der Waals surface area contributed by atoms with Gasteiger partial charge in [-0.1, -0.05) is 30.3 Å². The first-order valence-electron chi connectivity index (χ1n) is 5.84. The predicted molar refractivity (Wildman–Crippen MR) is 68.4 cm³/mol. The van der Waals surface area contributed by atoms with E-state index in [0.717, 1.165) is 5.69 Å². The van der Waals surface area contributed by atoms with Gasteiger partial charge in [-0.05, 0) is 19.4 Å². The Balaban J connectivity index is 2.02. The summed E-state index contributed by atoms with van der Waals surface area (Å²) in [5.41, 5.74) is 2.25. The molecule has 0 saturated heterocycles. The summed E-state index contributed by atoms with van der Waals surface area (Å²) in [5, 5.41) is 3.51. The number of hydrogen-bond acceptors (Lipinski definition) is 3. The summed E-state index contributed by atoms with van der Waals surface area (Å²) in [6.45, 7) is 4.26. The molecule has 1 N–H and O–H groups in total. The highest BCUT2D eigenvalue weighted by Crippen LogP contribution is 2.16. The first kappa shape index (κ1) is 11.7. The lowest BCUT2D eigenvalue weighted by Crippen LogP contribution is -2.23. The number of nitrogens with zero attached hydrogens (tertiary/aromatic N) is 2. The molecule has 0 aliphatic heterocycles. The zero-order chi connectivity index (χ0) is 12.1. The number of hydrogen-bond donors (Lipinski definition) is 1. The number of rotatable bonds is 4. The zero-order valence-corrected chi connectivity index (χ0v) is 10.2. The zero-order valence-electron chi connectivity index (χ0n) is 10.2. The van der Waals surface area contributed by atoms with E-state index >= 15 is 0 Å². The summed E-state index contributed by atoms with van der Waals surface area (Å²) in [7, 11) is 0. The van der Waals surface area contributed by atoms with E-state index in [0.29, 0.717) is 6.04 Å². The molecule has 2 rings (SSSR count). The van der Waals surface area contributed by atoms with Crippen LogP contribution in [0.25, 0.3) is 0 Å². The van der Waals surface area contributed by atoms with Crippen molar-refractivity contribution in [2.24, 2.45) is 0 Å².